The molecule has 0 spiro atoms. The lowest BCUT2D eigenvalue weighted by molar-refractivity contribution is -0.137. The fraction of sp³-hybridized carbons (Fsp3) is 0.500. The predicted octanol–water partition coefficient (Wildman–Crippen LogP) is -0.142. The number of hydrogen-bond acceptors (Lipinski definition) is 4. The lowest BCUT2D eigenvalue weighted by atomic mass is 10.3. The minimum Gasteiger partial charge on any atom is -0.480 e. The summed E-state index contributed by atoms with van der Waals surface area (Å²) in [5.74, 6) is -1.09. The molecule has 0 fully saturated rings. The van der Waals surface area contributed by atoms with Crippen LogP contribution < -0.4 is 5.32 Å². The van der Waals surface area contributed by atoms with Crippen molar-refractivity contribution in [3.8, 4) is 0 Å². The Morgan fingerprint density at radius 3 is 2.82 bits per heavy atom. The number of hydrogen-bond donors (Lipinski definition) is 2. The third-order valence-corrected chi connectivity index (χ3v) is 2.00. The van der Waals surface area contributed by atoms with Gasteiger partial charge in [-0.15, -0.1) is 0 Å². The molecule has 1 heterocycles. The SMILES string of the molecule is CN(C)CCC(=O)Nc1cnn(CC(=O)O)c1. The third kappa shape index (κ3) is 5.12. The Bertz CT molecular complexity index is 400. The number of carboxylic acids is 1. The van der Waals surface area contributed by atoms with E-state index < -0.39 is 5.97 Å². The van der Waals surface area contributed by atoms with Crippen LogP contribution in [0.3, 0.4) is 0 Å². The van der Waals surface area contributed by atoms with Gasteiger partial charge in [-0.05, 0) is 14.1 Å². The number of nitrogens with one attached hydrogen (secondary N) is 1. The lowest BCUT2D eigenvalue weighted by Crippen LogP contribution is -2.20. The predicted molar refractivity (Wildman–Crippen MR) is 61.7 cm³/mol. The zero-order chi connectivity index (χ0) is 12.8. The lowest BCUT2D eigenvalue weighted by Gasteiger charge is -2.08. The number of rotatable bonds is 6. The summed E-state index contributed by atoms with van der Waals surface area (Å²) in [6, 6.07) is 0. The minimum absolute atomic E-state index is 0.117. The third-order valence-electron chi connectivity index (χ3n) is 2.00. The first-order chi connectivity index (χ1) is 7.97. The van der Waals surface area contributed by atoms with Crippen LogP contribution in [0.15, 0.2) is 12.4 Å². The van der Waals surface area contributed by atoms with E-state index in [1.54, 1.807) is 0 Å². The van der Waals surface area contributed by atoms with Gasteiger partial charge in [0.15, 0.2) is 0 Å². The van der Waals surface area contributed by atoms with Crippen LogP contribution in [0.25, 0.3) is 0 Å². The number of nitrogens with zero attached hydrogens (tertiary/aromatic N) is 3. The molecule has 0 radical (unpaired) electrons. The number of aromatic nitrogens is 2. The van der Waals surface area contributed by atoms with Crippen LogP contribution >= 0.6 is 0 Å². The van der Waals surface area contributed by atoms with Crippen LogP contribution in [0.1, 0.15) is 6.42 Å². The topological polar surface area (TPSA) is 87.5 Å². The Hall–Kier alpha value is -1.89. The first-order valence-electron chi connectivity index (χ1n) is 5.16. The molecule has 0 aliphatic carbocycles. The number of anilines is 1. The first kappa shape index (κ1) is 13.2. The largest absolute Gasteiger partial charge is 0.480 e. The Labute approximate surface area is 99.0 Å². The highest BCUT2D eigenvalue weighted by atomic mass is 16.4. The molecule has 7 heteroatoms. The van der Waals surface area contributed by atoms with Gasteiger partial charge in [-0.25, -0.2) is 0 Å². The van der Waals surface area contributed by atoms with Gasteiger partial charge < -0.3 is 15.3 Å². The average Bonchev–Trinajstić information content (AvgIpc) is 2.61. The quantitative estimate of drug-likeness (QED) is 0.722. The number of carboxylic acid groups (broad SMARTS) is 1. The maximum atomic E-state index is 11.5. The van der Waals surface area contributed by atoms with E-state index in [2.05, 4.69) is 10.4 Å². The molecule has 0 aliphatic rings. The van der Waals surface area contributed by atoms with Crippen LogP contribution in [-0.2, 0) is 16.1 Å². The zero-order valence-corrected chi connectivity index (χ0v) is 9.88. The van der Waals surface area contributed by atoms with E-state index in [-0.39, 0.29) is 12.5 Å². The Kier molecular flexibility index (Phi) is 4.65. The maximum absolute atomic E-state index is 11.5. The second kappa shape index (κ2) is 6.00. The molecular weight excluding hydrogens is 224 g/mol. The summed E-state index contributed by atoms with van der Waals surface area (Å²) in [6.07, 6.45) is 3.30. The van der Waals surface area contributed by atoms with Gasteiger partial charge in [0.1, 0.15) is 6.54 Å². The van der Waals surface area contributed by atoms with Gasteiger partial charge in [-0.3, -0.25) is 14.3 Å². The van der Waals surface area contributed by atoms with Crippen LogP contribution in [0, 0.1) is 0 Å². The summed E-state index contributed by atoms with van der Waals surface area (Å²) in [7, 11) is 3.77. The highest BCUT2D eigenvalue weighted by molar-refractivity contribution is 5.90. The molecule has 94 valence electrons. The molecule has 0 saturated carbocycles. The van der Waals surface area contributed by atoms with Crippen molar-refractivity contribution in [3.05, 3.63) is 12.4 Å². The van der Waals surface area contributed by atoms with Crippen molar-refractivity contribution < 1.29 is 14.7 Å². The van der Waals surface area contributed by atoms with Gasteiger partial charge >= 0.3 is 5.97 Å². The van der Waals surface area contributed by atoms with E-state index in [0.717, 1.165) is 0 Å². The summed E-state index contributed by atoms with van der Waals surface area (Å²) in [5.41, 5.74) is 0.509. The number of carbonyl (C=O) groups excluding carboxylic acids is 1. The highest BCUT2D eigenvalue weighted by Gasteiger charge is 2.06. The fourth-order valence-corrected chi connectivity index (χ4v) is 1.20. The van der Waals surface area contributed by atoms with Gasteiger partial charge in [0.05, 0.1) is 11.9 Å². The van der Waals surface area contributed by atoms with Crippen molar-refractivity contribution in [3.63, 3.8) is 0 Å². The molecular formula is C10H16N4O3. The van der Waals surface area contributed by atoms with Crippen molar-refractivity contribution in [1.82, 2.24) is 14.7 Å². The summed E-state index contributed by atoms with van der Waals surface area (Å²) < 4.78 is 1.25. The molecule has 17 heavy (non-hydrogen) atoms. The average molecular weight is 240 g/mol. The number of carbonyl (C=O) groups is 2. The van der Waals surface area contributed by atoms with E-state index in [9.17, 15) is 9.59 Å². The van der Waals surface area contributed by atoms with E-state index in [0.29, 0.717) is 18.7 Å². The van der Waals surface area contributed by atoms with Crippen LogP contribution in [-0.4, -0.2) is 52.3 Å². The number of aliphatic carboxylic acids is 1. The summed E-state index contributed by atoms with van der Waals surface area (Å²) in [6.45, 7) is 0.447. The van der Waals surface area contributed by atoms with Crippen LogP contribution in [0.2, 0.25) is 0 Å². The molecule has 0 aromatic carbocycles. The van der Waals surface area contributed by atoms with E-state index in [4.69, 9.17) is 5.11 Å². The van der Waals surface area contributed by atoms with Crippen molar-refractivity contribution in [2.24, 2.45) is 0 Å². The molecule has 1 amide bonds. The van der Waals surface area contributed by atoms with Crippen molar-refractivity contribution in [2.45, 2.75) is 13.0 Å². The summed E-state index contributed by atoms with van der Waals surface area (Å²) in [4.78, 5) is 23.8. The van der Waals surface area contributed by atoms with Gasteiger partial charge in [0, 0.05) is 19.2 Å². The Balaban J connectivity index is 2.43. The molecule has 2 N–H and O–H groups in total. The molecule has 0 unspecified atom stereocenters. The number of amides is 1. The monoisotopic (exact) mass is 240 g/mol. The first-order valence-corrected chi connectivity index (χ1v) is 5.16. The molecule has 0 atom stereocenters. The molecule has 1 aromatic rings. The molecule has 1 rings (SSSR count). The molecule has 0 saturated heterocycles. The summed E-state index contributed by atoms with van der Waals surface area (Å²) in [5, 5.41) is 15.0. The maximum Gasteiger partial charge on any atom is 0.325 e. The van der Waals surface area contributed by atoms with E-state index in [1.165, 1.54) is 17.1 Å². The van der Waals surface area contributed by atoms with Crippen molar-refractivity contribution in [1.29, 1.82) is 0 Å². The van der Waals surface area contributed by atoms with Crippen LogP contribution in [0.4, 0.5) is 5.69 Å². The van der Waals surface area contributed by atoms with Crippen molar-refractivity contribution in [2.75, 3.05) is 26.0 Å². The Morgan fingerprint density at radius 1 is 1.53 bits per heavy atom. The highest BCUT2D eigenvalue weighted by Crippen LogP contribution is 2.05. The van der Waals surface area contributed by atoms with Gasteiger partial charge in [-0.1, -0.05) is 0 Å². The minimum atomic E-state index is -0.974. The second-order valence-electron chi connectivity index (χ2n) is 3.92. The Morgan fingerprint density at radius 2 is 2.24 bits per heavy atom. The molecule has 7 nitrogen and oxygen atoms in total. The smallest absolute Gasteiger partial charge is 0.325 e. The van der Waals surface area contributed by atoms with Gasteiger partial charge in [-0.2, -0.15) is 5.10 Å². The van der Waals surface area contributed by atoms with Crippen LogP contribution in [0.5, 0.6) is 0 Å². The van der Waals surface area contributed by atoms with Crippen molar-refractivity contribution >= 4 is 17.6 Å². The van der Waals surface area contributed by atoms with E-state index in [1.807, 2.05) is 19.0 Å². The zero-order valence-electron chi connectivity index (χ0n) is 9.88. The second-order valence-corrected chi connectivity index (χ2v) is 3.92. The standard InChI is InChI=1S/C10H16N4O3/c1-13(2)4-3-9(15)12-8-5-11-14(6-8)7-10(16)17/h5-6H,3-4,7H2,1-2H3,(H,12,15)(H,16,17). The summed E-state index contributed by atoms with van der Waals surface area (Å²) >= 11 is 0. The molecule has 1 aromatic heterocycles. The fourth-order valence-electron chi connectivity index (χ4n) is 1.20. The van der Waals surface area contributed by atoms with E-state index >= 15 is 0 Å². The van der Waals surface area contributed by atoms with Gasteiger partial charge in [0.25, 0.3) is 0 Å². The normalized spacial score (nSPS) is 10.5. The van der Waals surface area contributed by atoms with Gasteiger partial charge in [0.2, 0.25) is 5.91 Å². The molecule has 0 aliphatic heterocycles. The molecule has 0 bridgehead atoms.